The highest BCUT2D eigenvalue weighted by molar-refractivity contribution is 6.32. The molecule has 0 spiro atoms. The van der Waals surface area contributed by atoms with Crippen molar-refractivity contribution in [3.8, 4) is 0 Å². The van der Waals surface area contributed by atoms with Crippen molar-refractivity contribution in [2.24, 2.45) is 17.8 Å². The van der Waals surface area contributed by atoms with E-state index in [-0.39, 0.29) is 10.8 Å². The molecule has 0 amide bonds. The van der Waals surface area contributed by atoms with E-state index in [0.29, 0.717) is 5.92 Å². The first-order valence-corrected chi connectivity index (χ1v) is 6.38. The fourth-order valence-corrected chi connectivity index (χ4v) is 3.66. The molecule has 2 bridgehead atoms. The fourth-order valence-electron chi connectivity index (χ4n) is 3.44. The third-order valence-electron chi connectivity index (χ3n) is 4.18. The first kappa shape index (κ1) is 11.0. The summed E-state index contributed by atoms with van der Waals surface area (Å²) in [7, 11) is 0. The summed E-state index contributed by atoms with van der Waals surface area (Å²) in [5.41, 5.74) is 0. The first-order valence-electron chi connectivity index (χ1n) is 6.01. The fraction of sp³-hybridized carbons (Fsp3) is 0.727. The summed E-state index contributed by atoms with van der Waals surface area (Å²) in [4.78, 5) is 10.1. The molecule has 1 aromatic heterocycles. The molecule has 1 aromatic rings. The second-order valence-corrected chi connectivity index (χ2v) is 5.62. The molecule has 6 heteroatoms. The van der Waals surface area contributed by atoms with Gasteiger partial charge in [0.15, 0.2) is 5.02 Å². The molecule has 2 saturated carbocycles. The number of halogens is 1. The van der Waals surface area contributed by atoms with Crippen LogP contribution in [0.2, 0.25) is 5.02 Å². The molecule has 2 aliphatic carbocycles. The van der Waals surface area contributed by atoms with Crippen LogP contribution in [0.4, 0.5) is 5.82 Å². The van der Waals surface area contributed by atoms with E-state index in [1.54, 1.807) is 10.9 Å². The van der Waals surface area contributed by atoms with Crippen LogP contribution in [0.3, 0.4) is 0 Å². The molecule has 0 saturated heterocycles. The lowest BCUT2D eigenvalue weighted by Gasteiger charge is -2.19. The van der Waals surface area contributed by atoms with E-state index in [9.17, 15) is 10.1 Å². The van der Waals surface area contributed by atoms with Crippen LogP contribution < -0.4 is 0 Å². The Morgan fingerprint density at radius 2 is 2.35 bits per heavy atom. The minimum absolute atomic E-state index is 0.137. The SMILES string of the molecule is O=[N+]([O-])c1nn(CC2CC3CCC2C3)cc1Cl. The number of hydrogen-bond donors (Lipinski definition) is 0. The van der Waals surface area contributed by atoms with Crippen molar-refractivity contribution >= 4 is 17.4 Å². The minimum Gasteiger partial charge on any atom is -0.358 e. The Balaban J connectivity index is 1.73. The van der Waals surface area contributed by atoms with E-state index in [4.69, 9.17) is 11.6 Å². The Kier molecular flexibility index (Phi) is 2.58. The molecule has 0 N–H and O–H groups in total. The number of rotatable bonds is 3. The van der Waals surface area contributed by atoms with Crippen molar-refractivity contribution in [1.82, 2.24) is 9.78 Å². The van der Waals surface area contributed by atoms with Crippen molar-refractivity contribution < 1.29 is 4.92 Å². The number of hydrogen-bond acceptors (Lipinski definition) is 3. The van der Waals surface area contributed by atoms with Gasteiger partial charge in [-0.05, 0) is 41.9 Å². The Morgan fingerprint density at radius 1 is 1.53 bits per heavy atom. The summed E-state index contributed by atoms with van der Waals surface area (Å²) in [5, 5.41) is 14.7. The molecule has 0 aromatic carbocycles. The molecular formula is C11H14ClN3O2. The number of aromatic nitrogens is 2. The van der Waals surface area contributed by atoms with Gasteiger partial charge in [-0.3, -0.25) is 0 Å². The van der Waals surface area contributed by atoms with Gasteiger partial charge in [0.2, 0.25) is 0 Å². The highest BCUT2D eigenvalue weighted by Gasteiger charge is 2.40. The summed E-state index contributed by atoms with van der Waals surface area (Å²) >= 11 is 5.78. The van der Waals surface area contributed by atoms with E-state index in [2.05, 4.69) is 5.10 Å². The van der Waals surface area contributed by atoms with Crippen LogP contribution >= 0.6 is 11.6 Å². The van der Waals surface area contributed by atoms with Gasteiger partial charge in [-0.25, -0.2) is 0 Å². The maximum absolute atomic E-state index is 10.6. The zero-order valence-electron chi connectivity index (χ0n) is 9.38. The molecule has 5 nitrogen and oxygen atoms in total. The first-order chi connectivity index (χ1) is 8.13. The normalized spacial score (nSPS) is 31.0. The molecular weight excluding hydrogens is 242 g/mol. The largest absolute Gasteiger partial charge is 0.408 e. The van der Waals surface area contributed by atoms with Crippen molar-refractivity contribution in [3.63, 3.8) is 0 Å². The lowest BCUT2D eigenvalue weighted by Crippen LogP contribution is -2.17. The highest BCUT2D eigenvalue weighted by atomic mass is 35.5. The Hall–Kier alpha value is -1.10. The quantitative estimate of drug-likeness (QED) is 0.616. The lowest BCUT2D eigenvalue weighted by atomic mass is 9.89. The van der Waals surface area contributed by atoms with Crippen LogP contribution in [-0.2, 0) is 6.54 Å². The lowest BCUT2D eigenvalue weighted by molar-refractivity contribution is -0.389. The van der Waals surface area contributed by atoms with Crippen LogP contribution in [0.5, 0.6) is 0 Å². The van der Waals surface area contributed by atoms with Gasteiger partial charge >= 0.3 is 5.82 Å². The van der Waals surface area contributed by atoms with Gasteiger partial charge < -0.3 is 10.1 Å². The van der Waals surface area contributed by atoms with Crippen LogP contribution in [-0.4, -0.2) is 14.7 Å². The van der Waals surface area contributed by atoms with Crippen molar-refractivity contribution in [2.45, 2.75) is 32.2 Å². The number of nitro groups is 1. The van der Waals surface area contributed by atoms with E-state index in [1.165, 1.54) is 25.7 Å². The molecule has 2 fully saturated rings. The minimum atomic E-state index is -0.528. The maximum Gasteiger partial charge on any atom is 0.408 e. The molecule has 0 radical (unpaired) electrons. The average Bonchev–Trinajstić information content (AvgIpc) is 2.93. The van der Waals surface area contributed by atoms with Crippen LogP contribution in [0.25, 0.3) is 0 Å². The number of fused-ring (bicyclic) bond motifs is 2. The summed E-state index contributed by atoms with van der Waals surface area (Å²) in [5.74, 6) is 2.08. The maximum atomic E-state index is 10.6. The smallest absolute Gasteiger partial charge is 0.358 e. The van der Waals surface area contributed by atoms with E-state index >= 15 is 0 Å². The summed E-state index contributed by atoms with van der Waals surface area (Å²) in [6.07, 6.45) is 6.83. The third-order valence-corrected chi connectivity index (χ3v) is 4.44. The molecule has 17 heavy (non-hydrogen) atoms. The van der Waals surface area contributed by atoms with Crippen LogP contribution in [0.1, 0.15) is 25.7 Å². The number of nitrogens with zero attached hydrogens (tertiary/aromatic N) is 3. The van der Waals surface area contributed by atoms with Crippen molar-refractivity contribution in [2.75, 3.05) is 0 Å². The van der Waals surface area contributed by atoms with Gasteiger partial charge in [0.05, 0.1) is 17.8 Å². The van der Waals surface area contributed by atoms with E-state index in [1.807, 2.05) is 0 Å². The van der Waals surface area contributed by atoms with Crippen LogP contribution in [0.15, 0.2) is 6.20 Å². The molecule has 1 heterocycles. The van der Waals surface area contributed by atoms with E-state index in [0.717, 1.165) is 18.4 Å². The molecule has 0 aliphatic heterocycles. The third kappa shape index (κ3) is 1.92. The van der Waals surface area contributed by atoms with Gasteiger partial charge in [0, 0.05) is 0 Å². The zero-order valence-corrected chi connectivity index (χ0v) is 10.1. The predicted molar refractivity (Wildman–Crippen MR) is 62.8 cm³/mol. The molecule has 3 atom stereocenters. The standard InChI is InChI=1S/C11H14ClN3O2/c12-10-6-14(13-11(10)15(16)17)5-9-4-7-1-2-8(9)3-7/h6-9H,1-5H2. The Morgan fingerprint density at radius 3 is 2.88 bits per heavy atom. The van der Waals surface area contributed by atoms with Crippen molar-refractivity contribution in [3.05, 3.63) is 21.3 Å². The Bertz CT molecular complexity index is 460. The zero-order chi connectivity index (χ0) is 12.0. The predicted octanol–water partition coefficient (Wildman–Crippen LogP) is 2.88. The molecule has 92 valence electrons. The summed E-state index contributed by atoms with van der Waals surface area (Å²) in [6.45, 7) is 0.773. The van der Waals surface area contributed by atoms with Gasteiger partial charge in [0.1, 0.15) is 0 Å². The monoisotopic (exact) mass is 255 g/mol. The highest BCUT2D eigenvalue weighted by Crippen LogP contribution is 2.48. The van der Waals surface area contributed by atoms with Crippen LogP contribution in [0, 0.1) is 27.9 Å². The van der Waals surface area contributed by atoms with Gasteiger partial charge in [-0.1, -0.05) is 18.0 Å². The van der Waals surface area contributed by atoms with Gasteiger partial charge in [-0.2, -0.15) is 4.68 Å². The van der Waals surface area contributed by atoms with E-state index < -0.39 is 4.92 Å². The average molecular weight is 256 g/mol. The second kappa shape index (κ2) is 3.98. The molecule has 3 unspecified atom stereocenters. The molecule has 2 aliphatic rings. The summed E-state index contributed by atoms with van der Waals surface area (Å²) in [6, 6.07) is 0. The Labute approximate surface area is 104 Å². The molecule has 3 rings (SSSR count). The second-order valence-electron chi connectivity index (χ2n) is 5.21. The summed E-state index contributed by atoms with van der Waals surface area (Å²) < 4.78 is 1.64. The van der Waals surface area contributed by atoms with Crippen molar-refractivity contribution in [1.29, 1.82) is 0 Å². The topological polar surface area (TPSA) is 61.0 Å². The van der Waals surface area contributed by atoms with Gasteiger partial charge in [0.25, 0.3) is 0 Å². The van der Waals surface area contributed by atoms with Gasteiger partial charge in [-0.15, -0.1) is 0 Å².